The lowest BCUT2D eigenvalue weighted by Gasteiger charge is -1.83. The van der Waals surface area contributed by atoms with Crippen molar-refractivity contribution in [2.75, 3.05) is 6.26 Å². The van der Waals surface area contributed by atoms with Crippen LogP contribution in [0.4, 0.5) is 0 Å². The molecule has 1 rings (SSSR count). The van der Waals surface area contributed by atoms with E-state index in [2.05, 4.69) is 4.98 Å². The van der Waals surface area contributed by atoms with Gasteiger partial charge in [0.05, 0.1) is 9.22 Å². The highest BCUT2D eigenvalue weighted by atomic mass is 32.2. The summed E-state index contributed by atoms with van der Waals surface area (Å²) in [6, 6.07) is 2.05. The third kappa shape index (κ3) is 1.31. The topological polar surface area (TPSA) is 36.7 Å². The van der Waals surface area contributed by atoms with Gasteiger partial charge in [0.25, 0.3) is 0 Å². The van der Waals surface area contributed by atoms with Gasteiger partial charge in [-0.25, -0.2) is 4.98 Å². The minimum Gasteiger partial charge on any atom is -0.230 e. The van der Waals surface area contributed by atoms with Gasteiger partial charge in [-0.15, -0.1) is 23.1 Å². The Kier molecular flexibility index (Phi) is 2.30. The lowest BCUT2D eigenvalue weighted by molar-refractivity contribution is 1.22. The Balaban J connectivity index is 3.12. The molecule has 1 aromatic heterocycles. The zero-order chi connectivity index (χ0) is 7.56. The lowest BCUT2D eigenvalue weighted by Crippen LogP contribution is -1.74. The molecule has 0 fully saturated rings. The van der Waals surface area contributed by atoms with Gasteiger partial charge in [-0.05, 0) is 13.2 Å². The van der Waals surface area contributed by atoms with Crippen LogP contribution in [0.3, 0.4) is 0 Å². The van der Waals surface area contributed by atoms with Crippen LogP contribution >= 0.6 is 23.1 Å². The predicted octanol–water partition coefficient (Wildman–Crippen LogP) is 2.05. The minimum absolute atomic E-state index is 0.565. The number of thiazole rings is 1. The second kappa shape index (κ2) is 3.04. The number of hydrogen-bond acceptors (Lipinski definition) is 4. The maximum absolute atomic E-state index is 8.54. The third-order valence-electron chi connectivity index (χ3n) is 0.994. The molecule has 0 aliphatic heterocycles. The summed E-state index contributed by atoms with van der Waals surface area (Å²) in [6.45, 7) is 1.91. The Morgan fingerprint density at radius 1 is 1.70 bits per heavy atom. The second-order valence-corrected chi connectivity index (χ2v) is 3.96. The molecule has 1 aromatic rings. The van der Waals surface area contributed by atoms with E-state index in [0.717, 1.165) is 9.22 Å². The van der Waals surface area contributed by atoms with Crippen LogP contribution in [0.1, 0.15) is 10.7 Å². The Morgan fingerprint density at radius 2 is 2.40 bits per heavy atom. The van der Waals surface area contributed by atoms with Gasteiger partial charge in [-0.2, -0.15) is 5.26 Å². The molecule has 1 heterocycles. The van der Waals surface area contributed by atoms with E-state index in [0.29, 0.717) is 5.69 Å². The fraction of sp³-hybridized carbons (Fsp3) is 0.333. The van der Waals surface area contributed by atoms with Gasteiger partial charge in [0, 0.05) is 0 Å². The summed E-state index contributed by atoms with van der Waals surface area (Å²) in [5.41, 5.74) is 0.565. The van der Waals surface area contributed by atoms with E-state index in [9.17, 15) is 0 Å². The Hall–Kier alpha value is -0.530. The average molecular weight is 170 g/mol. The van der Waals surface area contributed by atoms with Gasteiger partial charge in [0.15, 0.2) is 5.69 Å². The van der Waals surface area contributed by atoms with Crippen molar-refractivity contribution in [3.8, 4) is 6.07 Å². The van der Waals surface area contributed by atoms with Crippen molar-refractivity contribution in [3.05, 3.63) is 10.7 Å². The van der Waals surface area contributed by atoms with Crippen LogP contribution in [0.5, 0.6) is 0 Å². The van der Waals surface area contributed by atoms with Gasteiger partial charge in [0.2, 0.25) is 0 Å². The van der Waals surface area contributed by atoms with E-state index in [4.69, 9.17) is 5.26 Å². The number of aromatic nitrogens is 1. The molecule has 0 saturated heterocycles. The molecule has 0 N–H and O–H groups in total. The highest BCUT2D eigenvalue weighted by Gasteiger charge is 2.05. The van der Waals surface area contributed by atoms with Crippen LogP contribution in [0.2, 0.25) is 0 Å². The summed E-state index contributed by atoms with van der Waals surface area (Å²) in [5.74, 6) is 0. The summed E-state index contributed by atoms with van der Waals surface area (Å²) < 4.78 is 1.01. The molecular weight excluding hydrogens is 164 g/mol. The van der Waals surface area contributed by atoms with E-state index in [1.807, 2.05) is 19.2 Å². The molecule has 0 aliphatic rings. The van der Waals surface area contributed by atoms with E-state index < -0.39 is 0 Å². The molecule has 0 radical (unpaired) electrons. The van der Waals surface area contributed by atoms with Gasteiger partial charge >= 0.3 is 0 Å². The van der Waals surface area contributed by atoms with Crippen molar-refractivity contribution in [2.45, 2.75) is 11.1 Å². The molecule has 0 atom stereocenters. The van der Waals surface area contributed by atoms with Gasteiger partial charge in [-0.1, -0.05) is 0 Å². The molecule has 0 aliphatic carbocycles. The smallest absolute Gasteiger partial charge is 0.165 e. The number of rotatable bonds is 1. The summed E-state index contributed by atoms with van der Waals surface area (Å²) in [7, 11) is 0. The number of nitriles is 1. The fourth-order valence-electron chi connectivity index (χ4n) is 0.617. The summed E-state index contributed by atoms with van der Waals surface area (Å²) in [4.78, 5) is 4.04. The first-order valence-corrected chi connectivity index (χ1v) is 4.73. The molecule has 0 unspecified atom stereocenters. The predicted molar refractivity (Wildman–Crippen MR) is 43.3 cm³/mol. The first-order chi connectivity index (χ1) is 4.77. The largest absolute Gasteiger partial charge is 0.230 e. The molecule has 0 aromatic carbocycles. The molecule has 10 heavy (non-hydrogen) atoms. The van der Waals surface area contributed by atoms with Crippen molar-refractivity contribution in [3.63, 3.8) is 0 Å². The lowest BCUT2D eigenvalue weighted by atomic mass is 10.5. The van der Waals surface area contributed by atoms with Crippen molar-refractivity contribution in [1.29, 1.82) is 5.26 Å². The Morgan fingerprint density at radius 3 is 2.80 bits per heavy atom. The summed E-state index contributed by atoms with van der Waals surface area (Å²) in [6.07, 6.45) is 1.95. The van der Waals surface area contributed by atoms with E-state index in [1.54, 1.807) is 23.1 Å². The van der Waals surface area contributed by atoms with Crippen LogP contribution in [0.25, 0.3) is 0 Å². The average Bonchev–Trinajstić information content (AvgIpc) is 2.30. The van der Waals surface area contributed by atoms with Crippen molar-refractivity contribution in [2.24, 2.45) is 0 Å². The number of aryl methyl sites for hydroxylation is 1. The normalized spacial score (nSPS) is 9.30. The van der Waals surface area contributed by atoms with Crippen LogP contribution in [-0.4, -0.2) is 11.2 Å². The molecule has 0 amide bonds. The molecule has 4 heteroatoms. The van der Waals surface area contributed by atoms with E-state index in [-0.39, 0.29) is 0 Å². The number of hydrogen-bond donors (Lipinski definition) is 0. The molecule has 2 nitrogen and oxygen atoms in total. The monoisotopic (exact) mass is 170 g/mol. The van der Waals surface area contributed by atoms with Crippen molar-refractivity contribution in [1.82, 2.24) is 4.98 Å². The van der Waals surface area contributed by atoms with Gasteiger partial charge in [-0.3, -0.25) is 0 Å². The van der Waals surface area contributed by atoms with Crippen LogP contribution in [0.15, 0.2) is 4.21 Å². The maximum Gasteiger partial charge on any atom is 0.165 e. The zero-order valence-corrected chi connectivity index (χ0v) is 7.34. The standard InChI is InChI=1S/C6H6N2S2/c1-4-8-5(3-7)6(9-2)10-4/h1-2H3. The van der Waals surface area contributed by atoms with Crippen LogP contribution in [-0.2, 0) is 0 Å². The molecule has 0 spiro atoms. The molecule has 0 saturated carbocycles. The highest BCUT2D eigenvalue weighted by Crippen LogP contribution is 2.26. The first-order valence-electron chi connectivity index (χ1n) is 2.69. The third-order valence-corrected chi connectivity index (χ3v) is 3.07. The van der Waals surface area contributed by atoms with Gasteiger partial charge in [0.1, 0.15) is 6.07 Å². The number of nitrogens with zero attached hydrogens (tertiary/aromatic N) is 2. The summed E-state index contributed by atoms with van der Waals surface area (Å²) >= 11 is 3.14. The summed E-state index contributed by atoms with van der Waals surface area (Å²) in [5, 5.41) is 9.50. The molecule has 52 valence electrons. The Bertz CT molecular complexity index is 272. The number of thioether (sulfide) groups is 1. The minimum atomic E-state index is 0.565. The fourth-order valence-corrected chi connectivity index (χ4v) is 2.19. The SMILES string of the molecule is CSc1sc(C)nc1C#N. The Labute approximate surface area is 67.9 Å². The highest BCUT2D eigenvalue weighted by molar-refractivity contribution is 8.00. The van der Waals surface area contributed by atoms with E-state index in [1.165, 1.54) is 0 Å². The van der Waals surface area contributed by atoms with E-state index >= 15 is 0 Å². The van der Waals surface area contributed by atoms with Crippen molar-refractivity contribution < 1.29 is 0 Å². The van der Waals surface area contributed by atoms with Crippen LogP contribution in [0, 0.1) is 18.3 Å². The quantitative estimate of drug-likeness (QED) is 0.605. The maximum atomic E-state index is 8.54. The molecular formula is C6H6N2S2. The second-order valence-electron chi connectivity index (χ2n) is 1.68. The molecule has 0 bridgehead atoms. The first kappa shape index (κ1) is 7.58. The van der Waals surface area contributed by atoms with Gasteiger partial charge < -0.3 is 0 Å². The van der Waals surface area contributed by atoms with Crippen molar-refractivity contribution >= 4 is 23.1 Å². The van der Waals surface area contributed by atoms with Crippen LogP contribution < -0.4 is 0 Å². The zero-order valence-electron chi connectivity index (χ0n) is 5.71.